The molecule has 1 atom stereocenters. The van der Waals surface area contributed by atoms with Crippen LogP contribution in [0.4, 0.5) is 5.69 Å². The smallest absolute Gasteiger partial charge is 0.354 e. The molecule has 2 aromatic carbocycles. The van der Waals surface area contributed by atoms with E-state index in [-0.39, 0.29) is 55.4 Å². The van der Waals surface area contributed by atoms with Gasteiger partial charge in [0.05, 0.1) is 68.5 Å². The van der Waals surface area contributed by atoms with Gasteiger partial charge < -0.3 is 40.1 Å². The number of amides is 2. The number of nitrogens with one attached hydrogen (secondary N) is 2. The zero-order chi connectivity index (χ0) is 48.8. The number of anilines is 1. The Morgan fingerprint density at radius 1 is 0.754 bits per heavy atom. The Balaban J connectivity index is 0.932. The molecule has 0 saturated carbocycles. The van der Waals surface area contributed by atoms with E-state index in [1.54, 1.807) is 40.9 Å². The quantitative estimate of drug-likeness (QED) is 0.0350. The van der Waals surface area contributed by atoms with Gasteiger partial charge in [0.1, 0.15) is 17.1 Å². The molecule has 0 fully saturated rings. The molecule has 1 aliphatic rings. The molecule has 0 unspecified atom stereocenters. The number of aliphatic hydroxyl groups excluding tert-OH is 2. The van der Waals surface area contributed by atoms with Gasteiger partial charge in [0.15, 0.2) is 0 Å². The molecule has 368 valence electrons. The predicted octanol–water partition coefficient (Wildman–Crippen LogP) is 4.36. The molecule has 2 amide bonds. The first kappa shape index (κ1) is 52.2. The van der Waals surface area contributed by atoms with Crippen LogP contribution in [0, 0.1) is 0 Å². The van der Waals surface area contributed by atoms with Gasteiger partial charge in [0.2, 0.25) is 11.8 Å². The van der Waals surface area contributed by atoms with Crippen LogP contribution in [-0.4, -0.2) is 163 Å². The van der Waals surface area contributed by atoms with Gasteiger partial charge in [-0.3, -0.25) is 24.5 Å². The Bertz CT molecular complexity index is 2440. The number of pyridine rings is 2. The maximum atomic E-state index is 13.8. The second-order valence-electron chi connectivity index (χ2n) is 16.4. The number of carboxylic acids is 2. The number of aromatic nitrogens is 5. The molecule has 0 aliphatic carbocycles. The normalized spacial score (nSPS) is 12.5. The first-order chi connectivity index (χ1) is 33.6. The number of H-pyrrole nitrogens is 1. The molecule has 0 bridgehead atoms. The molecule has 0 saturated heterocycles. The summed E-state index contributed by atoms with van der Waals surface area (Å²) in [5, 5.41) is 52.5. The van der Waals surface area contributed by atoms with Crippen LogP contribution in [0.3, 0.4) is 0 Å². The number of nitrogens with zero attached hydrogens (tertiary/aromatic N) is 7. The number of carboxylic acid groups (broad SMARTS) is 2. The molecule has 0 spiro atoms. The van der Waals surface area contributed by atoms with Crippen molar-refractivity contribution in [1.29, 1.82) is 0 Å². The minimum absolute atomic E-state index is 0.0491. The molecular formula is C49H61N9O10S. The molecule has 20 heteroatoms. The maximum Gasteiger partial charge on any atom is 0.354 e. The number of hydrogen-bond donors (Lipinski definition) is 6. The molecule has 1 aliphatic heterocycles. The first-order valence-corrected chi connectivity index (χ1v) is 24.3. The Kier molecular flexibility index (Phi) is 21.0. The lowest BCUT2D eigenvalue weighted by Gasteiger charge is -2.28. The van der Waals surface area contributed by atoms with Crippen LogP contribution in [0.2, 0.25) is 0 Å². The zero-order valence-corrected chi connectivity index (χ0v) is 39.4. The van der Waals surface area contributed by atoms with E-state index in [9.17, 15) is 39.6 Å². The van der Waals surface area contributed by atoms with Crippen LogP contribution in [0.5, 0.6) is 0 Å². The van der Waals surface area contributed by atoms with Crippen molar-refractivity contribution >= 4 is 41.2 Å². The number of fused-ring (bicyclic) bond motifs is 5. The molecule has 3 aromatic heterocycles. The van der Waals surface area contributed by atoms with E-state index in [4.69, 9.17) is 9.47 Å². The van der Waals surface area contributed by atoms with Gasteiger partial charge >= 0.3 is 11.9 Å². The van der Waals surface area contributed by atoms with Gasteiger partial charge in [0, 0.05) is 75.5 Å². The van der Waals surface area contributed by atoms with Crippen molar-refractivity contribution in [3.05, 3.63) is 113 Å². The standard InChI is InChI=1S/C49H61N9O10S/c59-25-21-56(31-36-11-8-15-41(51-36)48(63)64)23-27-67-33-38(68-28-24-57(22-26-60)32-37-12-9-16-42(52-37)49(65)66)34-69-29-7-1-6-20-50-44(61)18-19-45(62)58-30-35-10-2-3-13-39(35)46-47(54-55-53-46)40-14-4-5-17-43(40)58/h2-5,8-17,38,59-60H,1,6-7,18-34H2,(H,50,61)(H,63,64)(H,65,66)(H,53,54,55)/t38-/m0/s1. The van der Waals surface area contributed by atoms with E-state index >= 15 is 0 Å². The Morgan fingerprint density at radius 3 is 2.09 bits per heavy atom. The highest BCUT2D eigenvalue weighted by Gasteiger charge is 2.27. The van der Waals surface area contributed by atoms with Crippen LogP contribution in [0.25, 0.3) is 22.5 Å². The van der Waals surface area contributed by atoms with Crippen LogP contribution in [0.1, 0.15) is 70.0 Å². The highest BCUT2D eigenvalue weighted by molar-refractivity contribution is 7.99. The van der Waals surface area contributed by atoms with Crippen molar-refractivity contribution in [2.24, 2.45) is 0 Å². The summed E-state index contributed by atoms with van der Waals surface area (Å²) in [5.41, 5.74) is 5.87. The number of carbonyl (C=O) groups is 4. The minimum atomic E-state index is -1.11. The van der Waals surface area contributed by atoms with Gasteiger partial charge in [-0.25, -0.2) is 19.6 Å². The van der Waals surface area contributed by atoms with Crippen molar-refractivity contribution in [3.8, 4) is 22.5 Å². The third-order valence-electron chi connectivity index (χ3n) is 11.3. The van der Waals surface area contributed by atoms with E-state index in [0.29, 0.717) is 89.3 Å². The Morgan fingerprint density at radius 2 is 1.41 bits per heavy atom. The second-order valence-corrected chi connectivity index (χ2v) is 17.5. The van der Waals surface area contributed by atoms with Gasteiger partial charge in [-0.1, -0.05) is 66.2 Å². The minimum Gasteiger partial charge on any atom is -0.477 e. The molecular weight excluding hydrogens is 907 g/mol. The number of ether oxygens (including phenoxy) is 2. The van der Waals surface area contributed by atoms with Crippen molar-refractivity contribution in [3.63, 3.8) is 0 Å². The van der Waals surface area contributed by atoms with Crippen molar-refractivity contribution < 1.29 is 49.1 Å². The highest BCUT2D eigenvalue weighted by atomic mass is 32.2. The summed E-state index contributed by atoms with van der Waals surface area (Å²) in [4.78, 5) is 63.6. The van der Waals surface area contributed by atoms with Crippen LogP contribution < -0.4 is 10.2 Å². The molecule has 6 N–H and O–H groups in total. The summed E-state index contributed by atoms with van der Waals surface area (Å²) >= 11 is 1.73. The van der Waals surface area contributed by atoms with Crippen molar-refractivity contribution in [1.82, 2.24) is 40.5 Å². The van der Waals surface area contributed by atoms with E-state index in [1.165, 1.54) is 12.1 Å². The summed E-state index contributed by atoms with van der Waals surface area (Å²) in [6.07, 6.45) is 2.43. The number of para-hydroxylation sites is 1. The Labute approximate surface area is 405 Å². The summed E-state index contributed by atoms with van der Waals surface area (Å²) in [7, 11) is 0. The summed E-state index contributed by atoms with van der Waals surface area (Å²) in [5.74, 6) is -1.06. The molecule has 0 radical (unpaired) electrons. The largest absolute Gasteiger partial charge is 0.477 e. The highest BCUT2D eigenvalue weighted by Crippen LogP contribution is 2.40. The van der Waals surface area contributed by atoms with E-state index in [1.807, 2.05) is 58.3 Å². The number of aromatic carboxylic acids is 2. The molecule has 5 aromatic rings. The average Bonchev–Trinajstić information content (AvgIpc) is 3.83. The second kappa shape index (κ2) is 27.8. The number of hydrogen-bond acceptors (Lipinski definition) is 15. The SMILES string of the molecule is O=C(CCC(=O)N1Cc2ccccc2-c2nn[nH]c2-c2ccccc21)NCCCCCSC[C@H](COCCN(CCO)Cc1cccc(C(=O)O)n1)OCCN(CCO)Cc1cccc(C(=O)O)n1. The lowest BCUT2D eigenvalue weighted by Crippen LogP contribution is -2.34. The molecule has 4 heterocycles. The van der Waals surface area contributed by atoms with Crippen LogP contribution >= 0.6 is 11.8 Å². The number of thioether (sulfide) groups is 1. The van der Waals surface area contributed by atoms with Crippen molar-refractivity contribution in [2.45, 2.75) is 57.8 Å². The van der Waals surface area contributed by atoms with Gasteiger partial charge in [-0.2, -0.15) is 11.8 Å². The van der Waals surface area contributed by atoms with E-state index in [0.717, 1.165) is 58.8 Å². The summed E-state index contributed by atoms with van der Waals surface area (Å²) in [6, 6.07) is 25.1. The molecule has 69 heavy (non-hydrogen) atoms. The first-order valence-electron chi connectivity index (χ1n) is 23.1. The van der Waals surface area contributed by atoms with Gasteiger partial charge in [-0.05, 0) is 54.5 Å². The van der Waals surface area contributed by atoms with Crippen LogP contribution in [-0.2, 0) is 38.7 Å². The fourth-order valence-corrected chi connectivity index (χ4v) is 8.87. The fraction of sp³-hybridized carbons (Fsp3) is 0.429. The number of aliphatic hydroxyl groups is 2. The number of benzene rings is 2. The van der Waals surface area contributed by atoms with E-state index in [2.05, 4.69) is 30.7 Å². The zero-order valence-electron chi connectivity index (χ0n) is 38.6. The van der Waals surface area contributed by atoms with Gasteiger partial charge in [0.25, 0.3) is 0 Å². The number of rotatable bonds is 30. The molecule has 6 rings (SSSR count). The van der Waals surface area contributed by atoms with Crippen LogP contribution in [0.15, 0.2) is 84.9 Å². The fourth-order valence-electron chi connectivity index (χ4n) is 7.84. The third kappa shape index (κ3) is 16.2. The van der Waals surface area contributed by atoms with E-state index < -0.39 is 11.9 Å². The maximum absolute atomic E-state index is 13.8. The summed E-state index contributed by atoms with van der Waals surface area (Å²) in [6.45, 7) is 3.89. The number of aromatic amines is 1. The number of carbonyl (C=O) groups excluding carboxylic acids is 2. The topological polar surface area (TPSA) is 257 Å². The lowest BCUT2D eigenvalue weighted by molar-refractivity contribution is -0.125. The Hall–Kier alpha value is -6.13. The van der Waals surface area contributed by atoms with Crippen molar-refractivity contribution in [2.75, 3.05) is 82.2 Å². The van der Waals surface area contributed by atoms with Gasteiger partial charge in [-0.15, -0.1) is 5.10 Å². The lowest BCUT2D eigenvalue weighted by atomic mass is 9.95. The monoisotopic (exact) mass is 967 g/mol. The summed E-state index contributed by atoms with van der Waals surface area (Å²) < 4.78 is 12.4. The number of unbranched alkanes of at least 4 members (excludes halogenated alkanes) is 2. The predicted molar refractivity (Wildman–Crippen MR) is 260 cm³/mol. The third-order valence-corrected chi connectivity index (χ3v) is 12.5. The average molecular weight is 968 g/mol. The molecule has 19 nitrogen and oxygen atoms in total.